The minimum absolute atomic E-state index is 0.000965. The van der Waals surface area contributed by atoms with E-state index in [1.165, 1.54) is 0 Å². The molecule has 0 heterocycles. The summed E-state index contributed by atoms with van der Waals surface area (Å²) in [5.74, 6) is 3.76. The topological polar surface area (TPSA) is 23.6 Å². The van der Waals surface area contributed by atoms with Crippen LogP contribution in [0.15, 0.2) is 0 Å². The highest BCUT2D eigenvalue weighted by atomic mass is 32.2. The molecular formula is C16H34F2N2OS. The Hall–Kier alpha value is -0.200. The van der Waals surface area contributed by atoms with Crippen molar-refractivity contribution in [1.82, 2.24) is 9.21 Å². The number of halogens is 2. The molecule has 22 heavy (non-hydrogen) atoms. The van der Waals surface area contributed by atoms with Crippen molar-refractivity contribution in [3.63, 3.8) is 0 Å². The molecule has 0 bridgehead atoms. The van der Waals surface area contributed by atoms with Crippen LogP contribution in [0.3, 0.4) is 0 Å². The number of nitrogens with zero attached hydrogens (tertiary/aromatic N) is 2. The zero-order chi connectivity index (χ0) is 17.9. The van der Waals surface area contributed by atoms with Crippen LogP contribution in [0.4, 0.5) is 8.78 Å². The summed E-state index contributed by atoms with van der Waals surface area (Å²) < 4.78 is 40.0. The van der Waals surface area contributed by atoms with Gasteiger partial charge in [-0.1, -0.05) is 20.8 Å². The Morgan fingerprint density at radius 3 is 1.82 bits per heavy atom. The zero-order valence-corrected chi connectivity index (χ0v) is 16.3. The van der Waals surface area contributed by atoms with Crippen LogP contribution in [0.1, 0.15) is 48.5 Å². The second kappa shape index (κ2) is 7.58. The second-order valence-electron chi connectivity index (χ2n) is 8.16. The summed E-state index contributed by atoms with van der Waals surface area (Å²) in [5, 5.41) is 0. The minimum Gasteiger partial charge on any atom is -0.293 e. The molecule has 0 N–H and O–H groups in total. The normalized spacial score (nSPS) is 18.0. The summed E-state index contributed by atoms with van der Waals surface area (Å²) in [7, 11) is -2.39. The van der Waals surface area contributed by atoms with Crippen LogP contribution in [0.5, 0.6) is 0 Å². The van der Waals surface area contributed by atoms with Crippen molar-refractivity contribution in [1.29, 1.82) is 0 Å². The summed E-state index contributed by atoms with van der Waals surface area (Å²) in [4.78, 5) is 1.79. The largest absolute Gasteiger partial charge is 0.293 e. The number of hydrogen-bond acceptors (Lipinski definition) is 2. The van der Waals surface area contributed by atoms with Gasteiger partial charge in [-0.2, -0.15) is 0 Å². The monoisotopic (exact) mass is 340 g/mol. The Morgan fingerprint density at radius 1 is 1.09 bits per heavy atom. The summed E-state index contributed by atoms with van der Waals surface area (Å²) in [6.45, 7) is 14.6. The van der Waals surface area contributed by atoms with Crippen molar-refractivity contribution < 1.29 is 13.0 Å². The van der Waals surface area contributed by atoms with Crippen LogP contribution < -0.4 is 0 Å². The highest BCUT2D eigenvalue weighted by molar-refractivity contribution is 7.97. The van der Waals surface area contributed by atoms with Gasteiger partial charge in [-0.25, -0.2) is 13.1 Å². The lowest BCUT2D eigenvalue weighted by Gasteiger charge is -2.41. The molecule has 0 aliphatic heterocycles. The molecule has 134 valence electrons. The zero-order valence-electron chi connectivity index (χ0n) is 15.4. The van der Waals surface area contributed by atoms with Crippen LogP contribution in [-0.2, 0) is 9.71 Å². The van der Waals surface area contributed by atoms with Crippen LogP contribution in [0, 0.1) is 5.41 Å². The number of hydrogen-bond donors (Lipinski definition) is 0. The average Bonchev–Trinajstić information content (AvgIpc) is 2.21. The molecule has 0 amide bonds. The third-order valence-corrected chi connectivity index (χ3v) is 5.64. The first-order chi connectivity index (χ1) is 9.56. The van der Waals surface area contributed by atoms with Gasteiger partial charge < -0.3 is 0 Å². The first kappa shape index (κ1) is 21.8. The Bertz CT molecular complexity index is 436. The molecule has 0 radical (unpaired) electrons. The van der Waals surface area contributed by atoms with E-state index in [-0.39, 0.29) is 23.5 Å². The molecule has 0 aliphatic carbocycles. The van der Waals surface area contributed by atoms with Crippen molar-refractivity contribution in [2.24, 2.45) is 5.41 Å². The maximum absolute atomic E-state index is 12.9. The van der Waals surface area contributed by atoms with Gasteiger partial charge >= 0.3 is 0 Å². The summed E-state index contributed by atoms with van der Waals surface area (Å²) in [6, 6.07) is 0.000965. The van der Waals surface area contributed by atoms with E-state index < -0.39 is 16.1 Å². The van der Waals surface area contributed by atoms with Gasteiger partial charge in [0.2, 0.25) is 0 Å². The predicted molar refractivity (Wildman–Crippen MR) is 94.1 cm³/mol. The first-order valence-electron chi connectivity index (χ1n) is 7.69. The van der Waals surface area contributed by atoms with E-state index in [0.29, 0.717) is 13.1 Å². The standard InChI is InChI=1S/C16H34F2N2OS/c1-13(15(2,3)4)19(12-14(17)18)10-11-20(16(5,6)7)22(8,9)21/h13-14H,8,10-12H2,1-7,9H3. The fourth-order valence-corrected chi connectivity index (χ4v) is 4.12. The van der Waals surface area contributed by atoms with Crippen LogP contribution in [0.25, 0.3) is 0 Å². The Morgan fingerprint density at radius 2 is 1.55 bits per heavy atom. The van der Waals surface area contributed by atoms with Gasteiger partial charge in [-0.15, -0.1) is 0 Å². The van der Waals surface area contributed by atoms with Gasteiger partial charge in [0.1, 0.15) is 0 Å². The maximum Gasteiger partial charge on any atom is 0.251 e. The Kier molecular flexibility index (Phi) is 7.51. The van der Waals surface area contributed by atoms with E-state index >= 15 is 0 Å². The number of alkyl halides is 2. The quantitative estimate of drug-likeness (QED) is 0.664. The molecule has 3 nitrogen and oxygen atoms in total. The fourth-order valence-electron chi connectivity index (χ4n) is 2.50. The van der Waals surface area contributed by atoms with Crippen molar-refractivity contribution in [3.05, 3.63) is 0 Å². The maximum atomic E-state index is 12.9. The van der Waals surface area contributed by atoms with Crippen molar-refractivity contribution in [3.8, 4) is 0 Å². The van der Waals surface area contributed by atoms with Crippen LogP contribution in [0.2, 0.25) is 0 Å². The SMILES string of the molecule is C=S(C)(=O)N(CCN(CC(F)F)C(C)C(C)(C)C)C(C)(C)C. The van der Waals surface area contributed by atoms with Gasteiger partial charge in [-0.05, 0) is 39.0 Å². The lowest BCUT2D eigenvalue weighted by molar-refractivity contribution is 0.0325. The molecule has 0 fully saturated rings. The second-order valence-corrected chi connectivity index (χ2v) is 10.5. The number of rotatable bonds is 7. The molecule has 0 spiro atoms. The first-order valence-corrected chi connectivity index (χ1v) is 9.78. The van der Waals surface area contributed by atoms with E-state index in [1.54, 1.807) is 11.2 Å². The Balaban J connectivity index is 5.16. The van der Waals surface area contributed by atoms with E-state index in [2.05, 4.69) is 5.87 Å². The molecule has 0 aromatic rings. The van der Waals surface area contributed by atoms with E-state index in [4.69, 9.17) is 0 Å². The van der Waals surface area contributed by atoms with Gasteiger partial charge in [0, 0.05) is 40.6 Å². The van der Waals surface area contributed by atoms with Gasteiger partial charge in [0.15, 0.2) is 0 Å². The van der Waals surface area contributed by atoms with Gasteiger partial charge in [0.25, 0.3) is 6.43 Å². The van der Waals surface area contributed by atoms with E-state index in [0.717, 1.165) is 0 Å². The molecule has 0 aromatic heterocycles. The fraction of sp³-hybridized carbons (Fsp3) is 0.938. The lowest BCUT2D eigenvalue weighted by Crippen LogP contribution is -2.51. The summed E-state index contributed by atoms with van der Waals surface area (Å²) in [5.41, 5.74) is -0.422. The van der Waals surface area contributed by atoms with Crippen molar-refractivity contribution in [2.45, 2.75) is 66.5 Å². The van der Waals surface area contributed by atoms with Crippen molar-refractivity contribution >= 4 is 15.6 Å². The minimum atomic E-state index is -2.39. The van der Waals surface area contributed by atoms with E-state index in [1.807, 2.05) is 52.8 Å². The molecule has 0 aromatic carbocycles. The van der Waals surface area contributed by atoms with Crippen LogP contribution in [-0.4, -0.2) is 63.2 Å². The lowest BCUT2D eigenvalue weighted by atomic mass is 9.87. The smallest absolute Gasteiger partial charge is 0.251 e. The van der Waals surface area contributed by atoms with Gasteiger partial charge in [-0.3, -0.25) is 9.11 Å². The molecule has 2 atom stereocenters. The molecule has 0 aliphatic rings. The molecule has 2 unspecified atom stereocenters. The van der Waals surface area contributed by atoms with E-state index in [9.17, 15) is 13.0 Å². The summed E-state index contributed by atoms with van der Waals surface area (Å²) in [6.07, 6.45) is -0.776. The molecule has 0 saturated carbocycles. The molecular weight excluding hydrogens is 306 g/mol. The third kappa shape index (κ3) is 7.38. The van der Waals surface area contributed by atoms with Crippen LogP contribution >= 0.6 is 0 Å². The molecule has 0 saturated heterocycles. The highest BCUT2D eigenvalue weighted by Crippen LogP contribution is 2.25. The third-order valence-electron chi connectivity index (χ3n) is 3.98. The average molecular weight is 341 g/mol. The molecule has 0 rings (SSSR count). The predicted octanol–water partition coefficient (Wildman–Crippen LogP) is 3.35. The molecule has 6 heteroatoms. The summed E-state index contributed by atoms with van der Waals surface area (Å²) >= 11 is 0. The van der Waals surface area contributed by atoms with Gasteiger partial charge in [0.05, 0.1) is 6.54 Å². The Labute approximate surface area is 136 Å². The van der Waals surface area contributed by atoms with Crippen molar-refractivity contribution in [2.75, 3.05) is 25.9 Å². The highest BCUT2D eigenvalue weighted by Gasteiger charge is 2.31.